The summed E-state index contributed by atoms with van der Waals surface area (Å²) in [6.45, 7) is 3.26. The molecule has 182 valence electrons. The Hall–Kier alpha value is -4.08. The first-order chi connectivity index (χ1) is 16.0. The molecule has 0 aliphatic heterocycles. The van der Waals surface area contributed by atoms with E-state index in [0.717, 1.165) is 23.1 Å². The number of alkyl halides is 3. The summed E-state index contributed by atoms with van der Waals surface area (Å²) in [7, 11) is 0. The minimum absolute atomic E-state index is 0.0185. The molecule has 1 atom stereocenters. The molecule has 2 rings (SSSR count). The Morgan fingerprint density at radius 3 is 2.59 bits per heavy atom. The molecule has 2 aromatic rings. The maximum absolute atomic E-state index is 13.4. The van der Waals surface area contributed by atoms with Crippen molar-refractivity contribution in [2.45, 2.75) is 38.9 Å². The standard InChI is InChI=1S/C21H24F3N7O3/c1-3-34-19-15(11-25)18(29-20(27)30-19)31(14-7-4-6-13(10-14)21(22,23)24)16(17(26)33)8-5-9-28-12(2)32/h4,6-7,10,16H,3,5,8-9H2,1-2H3,(H2,26,33)(H,28,32)(H2,27,29,30)/t16-/m0/s1. The highest BCUT2D eigenvalue weighted by Crippen LogP contribution is 2.37. The number of hydrogen-bond acceptors (Lipinski definition) is 8. The van der Waals surface area contributed by atoms with Crippen molar-refractivity contribution in [3.05, 3.63) is 35.4 Å². The van der Waals surface area contributed by atoms with Crippen molar-refractivity contribution in [2.75, 3.05) is 23.8 Å². The van der Waals surface area contributed by atoms with Crippen LogP contribution in [0.25, 0.3) is 0 Å². The summed E-state index contributed by atoms with van der Waals surface area (Å²) in [5.41, 5.74) is 10.1. The summed E-state index contributed by atoms with van der Waals surface area (Å²) in [5.74, 6) is -1.93. The number of nitrogens with zero attached hydrogens (tertiary/aromatic N) is 4. The Labute approximate surface area is 193 Å². The van der Waals surface area contributed by atoms with Crippen LogP contribution in [0.4, 0.5) is 30.6 Å². The fourth-order valence-electron chi connectivity index (χ4n) is 3.20. The van der Waals surface area contributed by atoms with E-state index in [9.17, 15) is 28.0 Å². The normalized spacial score (nSPS) is 11.9. The van der Waals surface area contributed by atoms with Gasteiger partial charge in [0.2, 0.25) is 23.6 Å². The molecule has 0 aliphatic carbocycles. The van der Waals surface area contributed by atoms with Crippen LogP contribution in [0.5, 0.6) is 5.88 Å². The van der Waals surface area contributed by atoms with Crippen LogP contribution in [-0.2, 0) is 15.8 Å². The maximum atomic E-state index is 13.4. The van der Waals surface area contributed by atoms with Gasteiger partial charge in [0, 0.05) is 19.2 Å². The van der Waals surface area contributed by atoms with E-state index in [-0.39, 0.29) is 60.8 Å². The lowest BCUT2D eigenvalue weighted by Crippen LogP contribution is -2.43. The first kappa shape index (κ1) is 26.2. The Balaban J connectivity index is 2.71. The number of halogens is 3. The molecule has 1 aromatic heterocycles. The number of amides is 2. The van der Waals surface area contributed by atoms with Crippen molar-refractivity contribution in [1.29, 1.82) is 5.26 Å². The minimum atomic E-state index is -4.67. The van der Waals surface area contributed by atoms with E-state index in [2.05, 4.69) is 15.3 Å². The number of rotatable bonds is 10. The van der Waals surface area contributed by atoms with E-state index >= 15 is 0 Å². The van der Waals surface area contributed by atoms with Gasteiger partial charge in [-0.1, -0.05) is 6.07 Å². The topological polar surface area (TPSA) is 160 Å². The molecule has 0 spiro atoms. The SMILES string of the molecule is CCOc1nc(N)nc(N(c2cccc(C(F)(F)F)c2)[C@@H](CCCNC(C)=O)C(N)=O)c1C#N. The van der Waals surface area contributed by atoms with Crippen molar-refractivity contribution >= 4 is 29.3 Å². The molecule has 0 bridgehead atoms. The molecule has 13 heteroatoms. The number of nitrogens with two attached hydrogens (primary N) is 2. The van der Waals surface area contributed by atoms with Gasteiger partial charge in [-0.15, -0.1) is 0 Å². The van der Waals surface area contributed by atoms with Gasteiger partial charge < -0.3 is 26.4 Å². The molecule has 0 saturated carbocycles. The van der Waals surface area contributed by atoms with Crippen molar-refractivity contribution < 1.29 is 27.5 Å². The number of benzene rings is 1. The fourth-order valence-corrected chi connectivity index (χ4v) is 3.20. The largest absolute Gasteiger partial charge is 0.477 e. The van der Waals surface area contributed by atoms with Gasteiger partial charge in [-0.25, -0.2) is 0 Å². The average molecular weight is 479 g/mol. The number of nitrogens with one attached hydrogen (secondary N) is 1. The molecule has 10 nitrogen and oxygen atoms in total. The number of hydrogen-bond donors (Lipinski definition) is 3. The van der Waals surface area contributed by atoms with Crippen LogP contribution in [-0.4, -0.2) is 41.0 Å². The van der Waals surface area contributed by atoms with Crippen LogP contribution in [0.2, 0.25) is 0 Å². The average Bonchev–Trinajstić information content (AvgIpc) is 2.75. The van der Waals surface area contributed by atoms with Gasteiger partial charge in [0.1, 0.15) is 12.1 Å². The van der Waals surface area contributed by atoms with Crippen molar-refractivity contribution in [2.24, 2.45) is 5.73 Å². The van der Waals surface area contributed by atoms with E-state index in [0.29, 0.717) is 0 Å². The van der Waals surface area contributed by atoms with Crippen LogP contribution in [0.3, 0.4) is 0 Å². The zero-order valence-electron chi connectivity index (χ0n) is 18.5. The molecule has 0 aliphatic rings. The lowest BCUT2D eigenvalue weighted by atomic mass is 10.1. The van der Waals surface area contributed by atoms with Gasteiger partial charge in [0.05, 0.1) is 12.2 Å². The van der Waals surface area contributed by atoms with Gasteiger partial charge in [-0.2, -0.15) is 28.4 Å². The highest BCUT2D eigenvalue weighted by atomic mass is 19.4. The van der Waals surface area contributed by atoms with Crippen LogP contribution in [0, 0.1) is 11.3 Å². The van der Waals surface area contributed by atoms with Crippen molar-refractivity contribution in [3.63, 3.8) is 0 Å². The number of primary amides is 1. The summed E-state index contributed by atoms with van der Waals surface area (Å²) in [6.07, 6.45) is -4.40. The molecular weight excluding hydrogens is 455 g/mol. The van der Waals surface area contributed by atoms with E-state index in [4.69, 9.17) is 16.2 Å². The highest BCUT2D eigenvalue weighted by molar-refractivity contribution is 5.87. The molecule has 0 unspecified atom stereocenters. The third kappa shape index (κ3) is 6.47. The number of carbonyl (C=O) groups is 2. The number of nitrogen functional groups attached to an aromatic ring is 1. The quantitative estimate of drug-likeness (QED) is 0.437. The summed E-state index contributed by atoms with van der Waals surface area (Å²) in [4.78, 5) is 32.7. The minimum Gasteiger partial charge on any atom is -0.477 e. The molecule has 0 fully saturated rings. The maximum Gasteiger partial charge on any atom is 0.416 e. The van der Waals surface area contributed by atoms with Gasteiger partial charge >= 0.3 is 6.18 Å². The number of nitriles is 1. The second-order valence-corrected chi connectivity index (χ2v) is 7.09. The van der Waals surface area contributed by atoms with E-state index in [1.54, 1.807) is 6.92 Å². The Kier molecular flexibility index (Phi) is 8.60. The number of carbonyl (C=O) groups excluding carboxylic acids is 2. The molecular formula is C21H24F3N7O3. The van der Waals surface area contributed by atoms with Crippen LogP contribution < -0.4 is 26.4 Å². The molecule has 0 radical (unpaired) electrons. The lowest BCUT2D eigenvalue weighted by molar-refractivity contribution is -0.137. The second kappa shape index (κ2) is 11.2. The monoisotopic (exact) mass is 479 g/mol. The highest BCUT2D eigenvalue weighted by Gasteiger charge is 2.34. The predicted molar refractivity (Wildman–Crippen MR) is 117 cm³/mol. The molecule has 1 aromatic carbocycles. The summed E-state index contributed by atoms with van der Waals surface area (Å²) in [5, 5.41) is 12.3. The van der Waals surface area contributed by atoms with Gasteiger partial charge in [-0.05, 0) is 38.0 Å². The van der Waals surface area contributed by atoms with Gasteiger partial charge in [0.25, 0.3) is 0 Å². The molecule has 34 heavy (non-hydrogen) atoms. The smallest absolute Gasteiger partial charge is 0.416 e. The zero-order valence-corrected chi connectivity index (χ0v) is 18.5. The third-order valence-electron chi connectivity index (χ3n) is 4.62. The zero-order chi connectivity index (χ0) is 25.5. The fraction of sp³-hybridized carbons (Fsp3) is 0.381. The Bertz CT molecular complexity index is 1090. The molecule has 5 N–H and O–H groups in total. The van der Waals surface area contributed by atoms with E-state index in [1.807, 2.05) is 6.07 Å². The summed E-state index contributed by atoms with van der Waals surface area (Å²) < 4.78 is 45.6. The van der Waals surface area contributed by atoms with E-state index < -0.39 is 23.7 Å². The molecule has 0 saturated heterocycles. The number of ether oxygens (including phenoxy) is 1. The molecule has 1 heterocycles. The number of aromatic nitrogens is 2. The predicted octanol–water partition coefficient (Wildman–Crippen LogP) is 2.26. The summed E-state index contributed by atoms with van der Waals surface area (Å²) >= 11 is 0. The third-order valence-corrected chi connectivity index (χ3v) is 4.62. The van der Waals surface area contributed by atoms with Gasteiger partial charge in [-0.3, -0.25) is 9.59 Å². The van der Waals surface area contributed by atoms with Crippen molar-refractivity contribution in [1.82, 2.24) is 15.3 Å². The first-order valence-electron chi connectivity index (χ1n) is 10.2. The summed E-state index contributed by atoms with van der Waals surface area (Å²) in [6, 6.07) is 4.77. The second-order valence-electron chi connectivity index (χ2n) is 7.09. The van der Waals surface area contributed by atoms with Crippen LogP contribution >= 0.6 is 0 Å². The van der Waals surface area contributed by atoms with Crippen molar-refractivity contribution in [3.8, 4) is 11.9 Å². The number of anilines is 3. The lowest BCUT2D eigenvalue weighted by Gasteiger charge is -2.32. The van der Waals surface area contributed by atoms with E-state index in [1.165, 1.54) is 13.0 Å². The first-order valence-corrected chi connectivity index (χ1v) is 10.2. The van der Waals surface area contributed by atoms with Gasteiger partial charge in [0.15, 0.2) is 11.4 Å². The molecule has 2 amide bonds. The van der Waals surface area contributed by atoms with Crippen LogP contribution in [0.1, 0.15) is 37.8 Å². The Morgan fingerprint density at radius 1 is 1.32 bits per heavy atom. The van der Waals surface area contributed by atoms with Crippen LogP contribution in [0.15, 0.2) is 24.3 Å². The Morgan fingerprint density at radius 2 is 2.03 bits per heavy atom.